The van der Waals surface area contributed by atoms with Crippen molar-refractivity contribution in [1.29, 1.82) is 0 Å². The molecule has 0 saturated carbocycles. The first-order chi connectivity index (χ1) is 11.0. The van der Waals surface area contributed by atoms with Gasteiger partial charge in [-0.2, -0.15) is 0 Å². The lowest BCUT2D eigenvalue weighted by molar-refractivity contribution is 0.288. The molecule has 0 heterocycles. The predicted octanol–water partition coefficient (Wildman–Crippen LogP) is 3.45. The number of nitrogens with one attached hydrogen (secondary N) is 1. The molecular formula is C20H29N3. The van der Waals surface area contributed by atoms with Crippen molar-refractivity contribution < 1.29 is 0 Å². The maximum Gasteiger partial charge on any atom is 0.0466 e. The van der Waals surface area contributed by atoms with Crippen molar-refractivity contribution in [3.8, 4) is 0 Å². The molecule has 1 N–H and O–H groups in total. The molecule has 0 fully saturated rings. The van der Waals surface area contributed by atoms with E-state index in [1.54, 1.807) is 0 Å². The second kappa shape index (κ2) is 8.14. The zero-order chi connectivity index (χ0) is 16.8. The maximum atomic E-state index is 3.59. The van der Waals surface area contributed by atoms with Crippen molar-refractivity contribution in [3.05, 3.63) is 65.2 Å². The fourth-order valence-electron chi connectivity index (χ4n) is 2.65. The lowest BCUT2D eigenvalue weighted by atomic mass is 10.0. The van der Waals surface area contributed by atoms with Gasteiger partial charge in [-0.1, -0.05) is 42.0 Å². The summed E-state index contributed by atoms with van der Waals surface area (Å²) in [6.07, 6.45) is 0. The Balaban J connectivity index is 1.97. The van der Waals surface area contributed by atoms with Crippen LogP contribution in [0.5, 0.6) is 0 Å². The van der Waals surface area contributed by atoms with Crippen molar-refractivity contribution in [1.82, 2.24) is 10.2 Å². The van der Waals surface area contributed by atoms with Crippen molar-refractivity contribution >= 4 is 5.69 Å². The summed E-state index contributed by atoms with van der Waals surface area (Å²) in [4.78, 5) is 4.40. The van der Waals surface area contributed by atoms with E-state index in [0.717, 1.165) is 13.1 Å². The Labute approximate surface area is 140 Å². The minimum Gasteiger partial charge on any atom is -0.378 e. The van der Waals surface area contributed by atoms with Gasteiger partial charge >= 0.3 is 0 Å². The van der Waals surface area contributed by atoms with Gasteiger partial charge in [0.05, 0.1) is 0 Å². The van der Waals surface area contributed by atoms with Gasteiger partial charge < -0.3 is 15.1 Å². The van der Waals surface area contributed by atoms with Gasteiger partial charge in [0.2, 0.25) is 0 Å². The molecule has 124 valence electrons. The number of anilines is 1. The van der Waals surface area contributed by atoms with Crippen LogP contribution in [0, 0.1) is 6.92 Å². The molecule has 3 nitrogen and oxygen atoms in total. The summed E-state index contributed by atoms with van der Waals surface area (Å²) in [5.41, 5.74) is 5.22. The highest BCUT2D eigenvalue weighted by Crippen LogP contribution is 2.21. The second-order valence-electron chi connectivity index (χ2n) is 6.58. The molecule has 2 rings (SSSR count). The highest BCUT2D eigenvalue weighted by atomic mass is 15.1. The van der Waals surface area contributed by atoms with Crippen LogP contribution in [0.1, 0.15) is 22.7 Å². The second-order valence-corrected chi connectivity index (χ2v) is 6.58. The minimum atomic E-state index is 0.372. The topological polar surface area (TPSA) is 18.5 Å². The van der Waals surface area contributed by atoms with Crippen LogP contribution < -0.4 is 10.2 Å². The molecule has 0 saturated heterocycles. The van der Waals surface area contributed by atoms with E-state index in [1.807, 2.05) is 0 Å². The molecule has 1 atom stereocenters. The number of hydrogen-bond acceptors (Lipinski definition) is 3. The van der Waals surface area contributed by atoms with E-state index < -0.39 is 0 Å². The highest BCUT2D eigenvalue weighted by Gasteiger charge is 2.13. The summed E-state index contributed by atoms with van der Waals surface area (Å²) in [5.74, 6) is 0. The Bertz CT molecular complexity index is 585. The average Bonchev–Trinajstić information content (AvgIpc) is 2.53. The largest absolute Gasteiger partial charge is 0.378 e. The molecule has 0 spiro atoms. The summed E-state index contributed by atoms with van der Waals surface area (Å²) in [6, 6.07) is 17.9. The van der Waals surface area contributed by atoms with E-state index in [-0.39, 0.29) is 0 Å². The van der Waals surface area contributed by atoms with Crippen molar-refractivity contribution in [2.45, 2.75) is 19.5 Å². The molecule has 0 aliphatic rings. The van der Waals surface area contributed by atoms with Gasteiger partial charge in [-0.05, 0) is 44.3 Å². The van der Waals surface area contributed by atoms with Crippen LogP contribution in [0.25, 0.3) is 0 Å². The zero-order valence-electron chi connectivity index (χ0n) is 15.0. The van der Waals surface area contributed by atoms with Crippen molar-refractivity contribution in [2.75, 3.05) is 39.6 Å². The fourth-order valence-corrected chi connectivity index (χ4v) is 2.65. The monoisotopic (exact) mass is 311 g/mol. The molecule has 2 aromatic carbocycles. The van der Waals surface area contributed by atoms with Crippen molar-refractivity contribution in [3.63, 3.8) is 0 Å². The lowest BCUT2D eigenvalue weighted by Crippen LogP contribution is -2.30. The van der Waals surface area contributed by atoms with Crippen LogP contribution in [-0.2, 0) is 6.54 Å². The minimum absolute atomic E-state index is 0.372. The SMILES string of the molecule is Cc1ccc(CNCC(c2ccc(N(C)C)cc2)N(C)C)cc1. The third kappa shape index (κ3) is 5.08. The van der Waals surface area contributed by atoms with E-state index in [4.69, 9.17) is 0 Å². The summed E-state index contributed by atoms with van der Waals surface area (Å²) >= 11 is 0. The fraction of sp³-hybridized carbons (Fsp3) is 0.400. The quantitative estimate of drug-likeness (QED) is 0.845. The van der Waals surface area contributed by atoms with Crippen LogP contribution >= 0.6 is 0 Å². The number of likely N-dealkylation sites (N-methyl/N-ethyl adjacent to an activating group) is 1. The molecule has 0 amide bonds. The van der Waals surface area contributed by atoms with Crippen LogP contribution in [-0.4, -0.2) is 39.6 Å². The smallest absolute Gasteiger partial charge is 0.0466 e. The molecule has 3 heteroatoms. The number of nitrogens with zero attached hydrogens (tertiary/aromatic N) is 2. The van der Waals surface area contributed by atoms with Crippen LogP contribution in [0.4, 0.5) is 5.69 Å². The zero-order valence-corrected chi connectivity index (χ0v) is 15.0. The standard InChI is InChI=1S/C20H29N3/c1-16-6-8-17(9-7-16)14-21-15-20(23(4)5)18-10-12-19(13-11-18)22(2)3/h6-13,20-21H,14-15H2,1-5H3. The van der Waals surface area contributed by atoms with E-state index in [1.165, 1.54) is 22.4 Å². The first-order valence-electron chi connectivity index (χ1n) is 8.17. The van der Waals surface area contributed by atoms with E-state index >= 15 is 0 Å². The predicted molar refractivity (Wildman–Crippen MR) is 100 cm³/mol. The normalized spacial score (nSPS) is 12.4. The summed E-state index contributed by atoms with van der Waals surface area (Å²) in [5, 5.41) is 3.59. The van der Waals surface area contributed by atoms with Gasteiger partial charge in [0, 0.05) is 38.9 Å². The van der Waals surface area contributed by atoms with Crippen LogP contribution in [0.15, 0.2) is 48.5 Å². The van der Waals surface area contributed by atoms with Crippen LogP contribution in [0.2, 0.25) is 0 Å². The van der Waals surface area contributed by atoms with E-state index in [2.05, 4.69) is 98.8 Å². The number of aryl methyl sites for hydroxylation is 1. The Morgan fingerprint density at radius 1 is 0.870 bits per heavy atom. The molecule has 1 unspecified atom stereocenters. The number of rotatable bonds is 7. The van der Waals surface area contributed by atoms with Crippen molar-refractivity contribution in [2.24, 2.45) is 0 Å². The average molecular weight is 311 g/mol. The van der Waals surface area contributed by atoms with Crippen LogP contribution in [0.3, 0.4) is 0 Å². The highest BCUT2D eigenvalue weighted by molar-refractivity contribution is 5.46. The molecule has 23 heavy (non-hydrogen) atoms. The third-order valence-corrected chi connectivity index (χ3v) is 4.21. The first kappa shape index (κ1) is 17.5. The summed E-state index contributed by atoms with van der Waals surface area (Å²) in [7, 11) is 8.42. The Morgan fingerprint density at radius 2 is 1.48 bits per heavy atom. The van der Waals surface area contributed by atoms with E-state index in [0.29, 0.717) is 6.04 Å². The Hall–Kier alpha value is -1.84. The number of benzene rings is 2. The summed E-state index contributed by atoms with van der Waals surface area (Å²) < 4.78 is 0. The van der Waals surface area contributed by atoms with Gasteiger partial charge in [0.25, 0.3) is 0 Å². The van der Waals surface area contributed by atoms with Gasteiger partial charge in [-0.25, -0.2) is 0 Å². The molecule has 2 aromatic rings. The molecule has 0 aromatic heterocycles. The molecule has 0 radical (unpaired) electrons. The molecule has 0 aliphatic carbocycles. The Morgan fingerprint density at radius 3 is 2.00 bits per heavy atom. The van der Waals surface area contributed by atoms with Gasteiger partial charge in [-0.3, -0.25) is 0 Å². The third-order valence-electron chi connectivity index (χ3n) is 4.21. The Kier molecular flexibility index (Phi) is 6.20. The lowest BCUT2D eigenvalue weighted by Gasteiger charge is -2.26. The van der Waals surface area contributed by atoms with E-state index in [9.17, 15) is 0 Å². The molecule has 0 bridgehead atoms. The molecule has 0 aliphatic heterocycles. The molecular weight excluding hydrogens is 282 g/mol. The number of hydrogen-bond donors (Lipinski definition) is 1. The van der Waals surface area contributed by atoms with Gasteiger partial charge in [0.15, 0.2) is 0 Å². The first-order valence-corrected chi connectivity index (χ1v) is 8.17. The van der Waals surface area contributed by atoms with Gasteiger partial charge in [0.1, 0.15) is 0 Å². The summed E-state index contributed by atoms with van der Waals surface area (Å²) in [6.45, 7) is 3.96. The van der Waals surface area contributed by atoms with Gasteiger partial charge in [-0.15, -0.1) is 0 Å². The maximum absolute atomic E-state index is 3.59.